The number of hydrogen-bond donors (Lipinski definition) is 1. The fourth-order valence-electron chi connectivity index (χ4n) is 5.40. The van der Waals surface area contributed by atoms with Crippen LogP contribution in [0, 0.1) is 19.3 Å². The van der Waals surface area contributed by atoms with E-state index in [1.54, 1.807) is 0 Å². The van der Waals surface area contributed by atoms with E-state index in [9.17, 15) is 0 Å². The van der Waals surface area contributed by atoms with Gasteiger partial charge >= 0.3 is 0 Å². The molecule has 0 unspecified atom stereocenters. The van der Waals surface area contributed by atoms with Crippen LogP contribution in [0.25, 0.3) is 10.8 Å². The Labute approximate surface area is 185 Å². The highest BCUT2D eigenvalue weighted by Gasteiger charge is 2.52. The lowest BCUT2D eigenvalue weighted by Crippen LogP contribution is -2.66. The molecule has 2 aliphatic rings. The maximum absolute atomic E-state index is 4.47. The van der Waals surface area contributed by atoms with Gasteiger partial charge in [-0.1, -0.05) is 24.3 Å². The van der Waals surface area contributed by atoms with Crippen LogP contribution in [0.15, 0.2) is 42.6 Å². The molecular weight excluding hydrogens is 382 g/mol. The second-order valence-corrected chi connectivity index (χ2v) is 10.0. The van der Waals surface area contributed by atoms with Gasteiger partial charge in [0.2, 0.25) is 0 Å². The number of fused-ring (bicyclic) bond motifs is 1. The molecule has 0 bridgehead atoms. The van der Waals surface area contributed by atoms with Gasteiger partial charge in [-0.2, -0.15) is 5.10 Å². The number of anilines is 2. The van der Waals surface area contributed by atoms with Crippen LogP contribution in [0.1, 0.15) is 42.5 Å². The summed E-state index contributed by atoms with van der Waals surface area (Å²) in [7, 11) is 4.40. The lowest BCUT2D eigenvalue weighted by molar-refractivity contribution is 0.00135. The van der Waals surface area contributed by atoms with Gasteiger partial charge in [0, 0.05) is 41.0 Å². The zero-order chi connectivity index (χ0) is 21.8. The highest BCUT2D eigenvalue weighted by Crippen LogP contribution is 2.51. The molecule has 162 valence electrons. The van der Waals surface area contributed by atoms with Gasteiger partial charge in [-0.15, -0.1) is 5.10 Å². The van der Waals surface area contributed by atoms with E-state index in [1.807, 2.05) is 6.20 Å². The van der Waals surface area contributed by atoms with E-state index in [0.717, 1.165) is 22.6 Å². The molecule has 31 heavy (non-hydrogen) atoms. The third-order valence-electron chi connectivity index (χ3n) is 7.60. The van der Waals surface area contributed by atoms with Crippen molar-refractivity contribution in [3.8, 4) is 0 Å². The lowest BCUT2D eigenvalue weighted by atomic mass is 9.60. The molecule has 5 rings (SSSR count). The smallest absolute Gasteiger partial charge is 0.157 e. The van der Waals surface area contributed by atoms with Gasteiger partial charge in [0.25, 0.3) is 0 Å². The van der Waals surface area contributed by atoms with Crippen molar-refractivity contribution in [3.05, 3.63) is 59.3 Å². The van der Waals surface area contributed by atoms with Crippen LogP contribution >= 0.6 is 0 Å². The van der Waals surface area contributed by atoms with Gasteiger partial charge in [-0.05, 0) is 76.5 Å². The minimum Gasteiger partial charge on any atom is -0.370 e. The molecule has 2 aromatic carbocycles. The van der Waals surface area contributed by atoms with Crippen molar-refractivity contribution in [3.63, 3.8) is 0 Å². The van der Waals surface area contributed by atoms with Crippen LogP contribution in [0.5, 0.6) is 0 Å². The Bertz CT molecular complexity index is 1110. The van der Waals surface area contributed by atoms with Crippen LogP contribution in [-0.2, 0) is 0 Å². The first-order chi connectivity index (χ1) is 14.8. The molecule has 0 amide bonds. The molecule has 5 nitrogen and oxygen atoms in total. The van der Waals surface area contributed by atoms with Crippen LogP contribution in [0.2, 0.25) is 0 Å². The average molecular weight is 416 g/mol. The van der Waals surface area contributed by atoms with Crippen LogP contribution < -0.4 is 10.2 Å². The highest BCUT2D eigenvalue weighted by molar-refractivity contribution is 5.93. The van der Waals surface area contributed by atoms with Crippen LogP contribution in [0.4, 0.5) is 11.5 Å². The zero-order valence-corrected chi connectivity index (χ0v) is 19.3. The van der Waals surface area contributed by atoms with Gasteiger partial charge < -0.3 is 15.1 Å². The molecule has 3 aromatic rings. The number of hydrogen-bond acceptors (Lipinski definition) is 5. The minimum atomic E-state index is 0.161. The Balaban J connectivity index is 1.36. The quantitative estimate of drug-likeness (QED) is 0.639. The lowest BCUT2D eigenvalue weighted by Gasteiger charge is -2.61. The Morgan fingerprint density at radius 2 is 1.90 bits per heavy atom. The third-order valence-corrected chi connectivity index (χ3v) is 7.60. The van der Waals surface area contributed by atoms with Gasteiger partial charge in [0.15, 0.2) is 5.82 Å². The second kappa shape index (κ2) is 7.49. The van der Waals surface area contributed by atoms with E-state index in [4.69, 9.17) is 0 Å². The van der Waals surface area contributed by atoms with E-state index >= 15 is 0 Å². The standard InChI is InChI=1S/C26H33N5/c1-17-7-6-8-23(18(17)2)19(3)28-25-24-11-21(10-9-20(24)14-27-29-25)31-15-26(16-31)12-22(13-26)30(4)5/h6-11,14,19,22H,12-13,15-16H2,1-5H3,(H,28,29)/t19-/m1/s1. The Hall–Kier alpha value is -2.66. The molecule has 1 aliphatic heterocycles. The van der Waals surface area contributed by atoms with Crippen molar-refractivity contribution in [2.75, 3.05) is 37.4 Å². The van der Waals surface area contributed by atoms with Crippen molar-refractivity contribution in [2.45, 2.75) is 45.7 Å². The summed E-state index contributed by atoms with van der Waals surface area (Å²) in [6.07, 6.45) is 4.52. The van der Waals surface area contributed by atoms with Crippen molar-refractivity contribution < 1.29 is 0 Å². The third kappa shape index (κ3) is 3.55. The molecule has 0 radical (unpaired) electrons. The van der Waals surface area contributed by atoms with E-state index in [2.05, 4.69) is 96.6 Å². The summed E-state index contributed by atoms with van der Waals surface area (Å²) in [4.78, 5) is 4.89. The number of aromatic nitrogens is 2. The van der Waals surface area contributed by atoms with Gasteiger partial charge in [-0.25, -0.2) is 0 Å². The van der Waals surface area contributed by atoms with Crippen LogP contribution in [0.3, 0.4) is 0 Å². The van der Waals surface area contributed by atoms with Crippen molar-refractivity contribution in [2.24, 2.45) is 5.41 Å². The van der Waals surface area contributed by atoms with E-state index in [1.165, 1.54) is 48.3 Å². The molecule has 1 spiro atoms. The van der Waals surface area contributed by atoms with Crippen LogP contribution in [-0.4, -0.2) is 48.3 Å². The summed E-state index contributed by atoms with van der Waals surface area (Å²) in [5, 5.41) is 14.6. The molecule has 1 saturated carbocycles. The van der Waals surface area contributed by atoms with Gasteiger partial charge in [0.1, 0.15) is 0 Å². The Morgan fingerprint density at radius 1 is 1.13 bits per heavy atom. The largest absolute Gasteiger partial charge is 0.370 e. The summed E-state index contributed by atoms with van der Waals surface area (Å²) in [5.41, 5.74) is 5.79. The zero-order valence-electron chi connectivity index (χ0n) is 19.3. The molecule has 5 heteroatoms. The number of benzene rings is 2. The summed E-state index contributed by atoms with van der Waals surface area (Å²) >= 11 is 0. The topological polar surface area (TPSA) is 44.3 Å². The van der Waals surface area contributed by atoms with Crippen molar-refractivity contribution in [1.82, 2.24) is 15.1 Å². The molecule has 2 heterocycles. The number of nitrogens with one attached hydrogen (secondary N) is 1. The molecule has 1 aliphatic carbocycles. The summed E-state index contributed by atoms with van der Waals surface area (Å²) < 4.78 is 0. The monoisotopic (exact) mass is 415 g/mol. The maximum atomic E-state index is 4.47. The highest BCUT2D eigenvalue weighted by atomic mass is 15.2. The molecule has 1 N–H and O–H groups in total. The van der Waals surface area contributed by atoms with Crippen molar-refractivity contribution >= 4 is 22.3 Å². The molecular formula is C26H33N5. The first-order valence-electron chi connectivity index (χ1n) is 11.3. The van der Waals surface area contributed by atoms with Gasteiger partial charge in [0.05, 0.1) is 12.2 Å². The predicted molar refractivity (Wildman–Crippen MR) is 129 cm³/mol. The predicted octanol–water partition coefficient (Wildman–Crippen LogP) is 4.95. The second-order valence-electron chi connectivity index (χ2n) is 10.0. The Kier molecular flexibility index (Phi) is 4.89. The fraction of sp³-hybridized carbons (Fsp3) is 0.462. The van der Waals surface area contributed by atoms with Gasteiger partial charge in [-0.3, -0.25) is 0 Å². The minimum absolute atomic E-state index is 0.161. The van der Waals surface area contributed by atoms with E-state index in [-0.39, 0.29) is 6.04 Å². The number of aryl methyl sites for hydroxylation is 1. The molecule has 1 saturated heterocycles. The summed E-state index contributed by atoms with van der Waals surface area (Å²) in [5.74, 6) is 0.860. The maximum Gasteiger partial charge on any atom is 0.157 e. The van der Waals surface area contributed by atoms with E-state index in [0.29, 0.717) is 5.41 Å². The Morgan fingerprint density at radius 3 is 2.65 bits per heavy atom. The van der Waals surface area contributed by atoms with E-state index < -0.39 is 0 Å². The number of rotatable bonds is 5. The number of nitrogens with zero attached hydrogens (tertiary/aromatic N) is 4. The molecule has 1 atom stereocenters. The first kappa shape index (κ1) is 20.3. The normalized spacial score (nSPS) is 18.8. The molecule has 2 fully saturated rings. The summed E-state index contributed by atoms with van der Waals surface area (Å²) in [6, 6.07) is 14.1. The average Bonchev–Trinajstić information content (AvgIpc) is 2.68. The van der Waals surface area contributed by atoms with Crippen molar-refractivity contribution in [1.29, 1.82) is 0 Å². The first-order valence-corrected chi connectivity index (χ1v) is 11.3. The summed E-state index contributed by atoms with van der Waals surface area (Å²) in [6.45, 7) is 8.89. The molecule has 1 aromatic heterocycles. The fourth-order valence-corrected chi connectivity index (χ4v) is 5.40. The SMILES string of the molecule is Cc1cccc([C@@H](C)Nc2nncc3ccc(N4CC5(CC(N(C)C)C5)C4)cc23)c1C.